The van der Waals surface area contributed by atoms with Crippen molar-refractivity contribution in [3.8, 4) is 5.75 Å². The molecule has 0 saturated heterocycles. The Morgan fingerprint density at radius 2 is 2.20 bits per heavy atom. The predicted molar refractivity (Wildman–Crippen MR) is 94.9 cm³/mol. The van der Waals surface area contributed by atoms with Gasteiger partial charge in [-0.25, -0.2) is 4.68 Å². The summed E-state index contributed by atoms with van der Waals surface area (Å²) in [6, 6.07) is 8.42. The molecule has 1 aliphatic heterocycles. The van der Waals surface area contributed by atoms with E-state index in [1.807, 2.05) is 23.6 Å². The van der Waals surface area contributed by atoms with Crippen LogP contribution in [0.3, 0.4) is 0 Å². The van der Waals surface area contributed by atoms with E-state index in [-0.39, 0.29) is 5.75 Å². The van der Waals surface area contributed by atoms with Crippen molar-refractivity contribution < 1.29 is 13.5 Å². The third-order valence-electron chi connectivity index (χ3n) is 3.70. The summed E-state index contributed by atoms with van der Waals surface area (Å²) < 4.78 is 32.7. The van der Waals surface area contributed by atoms with Gasteiger partial charge in [-0.2, -0.15) is 18.9 Å². The molecule has 1 aliphatic rings. The Labute approximate surface area is 154 Å². The molecule has 1 aromatic carbocycles. The molecule has 1 atom stereocenters. The Balaban J connectivity index is 1.85. The molecule has 2 aromatic heterocycles. The summed E-state index contributed by atoms with van der Waals surface area (Å²) in [5, 5.41) is 9.41. The molecule has 25 heavy (non-hydrogen) atoms. The van der Waals surface area contributed by atoms with E-state index in [0.29, 0.717) is 11.5 Å². The maximum Gasteiger partial charge on any atom is 0.387 e. The number of rotatable bonds is 4. The van der Waals surface area contributed by atoms with Crippen molar-refractivity contribution in [2.45, 2.75) is 12.7 Å². The molecule has 0 amide bonds. The first kappa shape index (κ1) is 16.2. The van der Waals surface area contributed by atoms with Crippen LogP contribution in [-0.2, 0) is 0 Å². The highest BCUT2D eigenvalue weighted by molar-refractivity contribution is 9.10. The van der Waals surface area contributed by atoms with Crippen molar-refractivity contribution in [1.29, 1.82) is 0 Å². The van der Waals surface area contributed by atoms with E-state index >= 15 is 0 Å². The zero-order chi connectivity index (χ0) is 17.4. The van der Waals surface area contributed by atoms with Crippen LogP contribution in [0.25, 0.3) is 5.70 Å². The number of thiophene rings is 1. The van der Waals surface area contributed by atoms with E-state index in [4.69, 9.17) is 4.74 Å². The van der Waals surface area contributed by atoms with Gasteiger partial charge in [0.05, 0.1) is 10.6 Å². The molecule has 128 valence electrons. The number of hydrogen-bond donors (Lipinski definition) is 1. The van der Waals surface area contributed by atoms with Crippen LogP contribution in [0.4, 0.5) is 14.7 Å². The maximum absolute atomic E-state index is 12.8. The number of nitrogens with zero attached hydrogens (tertiary/aromatic N) is 3. The Morgan fingerprint density at radius 3 is 2.96 bits per heavy atom. The number of ether oxygens (including phenoxy) is 1. The highest BCUT2D eigenvalue weighted by atomic mass is 79.9. The second-order valence-electron chi connectivity index (χ2n) is 5.22. The fourth-order valence-corrected chi connectivity index (χ4v) is 3.77. The van der Waals surface area contributed by atoms with Gasteiger partial charge < -0.3 is 10.1 Å². The molecule has 0 bridgehead atoms. The second kappa shape index (κ2) is 6.57. The number of hydrogen-bond acceptors (Lipinski definition) is 5. The van der Waals surface area contributed by atoms with Crippen LogP contribution in [0, 0.1) is 0 Å². The number of fused-ring (bicyclic) bond motifs is 1. The van der Waals surface area contributed by atoms with E-state index in [2.05, 4.69) is 31.3 Å². The van der Waals surface area contributed by atoms with Crippen LogP contribution in [0.5, 0.6) is 5.75 Å². The standard InChI is InChI=1S/C16H11BrF2N4OS/c17-9-3-4-13(24-15(18)19)10(6-9)12-7-11(14-2-1-5-25-14)22-16-20-8-21-23(12)16/h1-8,12,15H,(H,20,21,22)/t12-/m1/s1. The third kappa shape index (κ3) is 3.16. The van der Waals surface area contributed by atoms with Gasteiger partial charge in [0.1, 0.15) is 18.1 Å². The summed E-state index contributed by atoms with van der Waals surface area (Å²) in [6.07, 6.45) is 3.35. The molecule has 1 N–H and O–H groups in total. The molecular formula is C16H11BrF2N4OS. The SMILES string of the molecule is FC(F)Oc1ccc(Br)cc1[C@H]1C=C(c2cccs2)Nc2ncnn21. The predicted octanol–water partition coefficient (Wildman–Crippen LogP) is 4.76. The fourth-order valence-electron chi connectivity index (χ4n) is 2.68. The van der Waals surface area contributed by atoms with Crippen molar-refractivity contribution in [3.63, 3.8) is 0 Å². The lowest BCUT2D eigenvalue weighted by Gasteiger charge is -2.25. The topological polar surface area (TPSA) is 52.0 Å². The molecule has 3 heterocycles. The number of halogens is 3. The van der Waals surface area contributed by atoms with E-state index in [1.165, 1.54) is 12.4 Å². The minimum absolute atomic E-state index is 0.105. The molecule has 4 rings (SSSR count). The zero-order valence-electron chi connectivity index (χ0n) is 12.6. The average Bonchev–Trinajstić information content (AvgIpc) is 3.26. The molecule has 9 heteroatoms. The van der Waals surface area contributed by atoms with Gasteiger partial charge in [0.15, 0.2) is 0 Å². The average molecular weight is 425 g/mol. The van der Waals surface area contributed by atoms with Gasteiger partial charge in [0, 0.05) is 10.0 Å². The minimum Gasteiger partial charge on any atom is -0.434 e. The molecule has 0 aliphatic carbocycles. The van der Waals surface area contributed by atoms with Crippen LogP contribution in [0.15, 0.2) is 52.6 Å². The highest BCUT2D eigenvalue weighted by Crippen LogP contribution is 2.38. The largest absolute Gasteiger partial charge is 0.434 e. The van der Waals surface area contributed by atoms with Crippen LogP contribution in [0.2, 0.25) is 0 Å². The summed E-state index contributed by atoms with van der Waals surface area (Å²) in [4.78, 5) is 5.23. The second-order valence-corrected chi connectivity index (χ2v) is 7.08. The Hall–Kier alpha value is -2.26. The molecule has 0 fully saturated rings. The van der Waals surface area contributed by atoms with Crippen LogP contribution in [0.1, 0.15) is 16.5 Å². The first-order chi connectivity index (χ1) is 12.1. The monoisotopic (exact) mass is 424 g/mol. The van der Waals surface area contributed by atoms with E-state index in [0.717, 1.165) is 15.0 Å². The summed E-state index contributed by atoms with van der Waals surface area (Å²) in [7, 11) is 0. The number of nitrogens with one attached hydrogen (secondary N) is 1. The number of alkyl halides is 2. The normalized spacial score (nSPS) is 16.3. The van der Waals surface area contributed by atoms with Crippen molar-refractivity contribution in [2.75, 3.05) is 5.32 Å². The number of aromatic nitrogens is 3. The Kier molecular flexibility index (Phi) is 4.26. The van der Waals surface area contributed by atoms with Gasteiger partial charge >= 0.3 is 6.61 Å². The number of anilines is 1. The lowest BCUT2D eigenvalue weighted by atomic mass is 10.0. The maximum atomic E-state index is 12.8. The lowest BCUT2D eigenvalue weighted by Crippen LogP contribution is -2.21. The summed E-state index contributed by atoms with van der Waals surface area (Å²) >= 11 is 4.96. The molecule has 0 radical (unpaired) electrons. The molecule has 0 spiro atoms. The molecule has 0 saturated carbocycles. The van der Waals surface area contributed by atoms with Crippen molar-refractivity contribution in [1.82, 2.24) is 14.8 Å². The van der Waals surface area contributed by atoms with E-state index in [1.54, 1.807) is 28.2 Å². The first-order valence-electron chi connectivity index (χ1n) is 7.28. The van der Waals surface area contributed by atoms with Gasteiger partial charge in [-0.1, -0.05) is 22.0 Å². The summed E-state index contributed by atoms with van der Waals surface area (Å²) in [6.45, 7) is -2.90. The van der Waals surface area contributed by atoms with Crippen molar-refractivity contribution >= 4 is 38.9 Å². The Morgan fingerprint density at radius 1 is 1.32 bits per heavy atom. The highest BCUT2D eigenvalue weighted by Gasteiger charge is 2.27. The first-order valence-corrected chi connectivity index (χ1v) is 8.95. The molecule has 5 nitrogen and oxygen atoms in total. The van der Waals surface area contributed by atoms with Gasteiger partial charge in [-0.05, 0) is 35.7 Å². The van der Waals surface area contributed by atoms with Gasteiger partial charge in [-0.15, -0.1) is 11.3 Å². The Bertz CT molecular complexity index is 926. The quantitative estimate of drug-likeness (QED) is 0.655. The molecule has 3 aromatic rings. The molecular weight excluding hydrogens is 414 g/mol. The van der Waals surface area contributed by atoms with E-state index < -0.39 is 12.7 Å². The lowest BCUT2D eigenvalue weighted by molar-refractivity contribution is -0.0506. The van der Waals surface area contributed by atoms with Gasteiger partial charge in [-0.3, -0.25) is 0 Å². The third-order valence-corrected chi connectivity index (χ3v) is 5.10. The van der Waals surface area contributed by atoms with Crippen LogP contribution in [-0.4, -0.2) is 21.4 Å². The minimum atomic E-state index is -2.90. The van der Waals surface area contributed by atoms with E-state index in [9.17, 15) is 8.78 Å². The molecule has 0 unspecified atom stereocenters. The van der Waals surface area contributed by atoms with Crippen molar-refractivity contribution in [2.24, 2.45) is 0 Å². The zero-order valence-corrected chi connectivity index (χ0v) is 15.0. The van der Waals surface area contributed by atoms with Crippen LogP contribution >= 0.6 is 27.3 Å². The smallest absolute Gasteiger partial charge is 0.387 e. The van der Waals surface area contributed by atoms with Gasteiger partial charge in [0.2, 0.25) is 5.95 Å². The fraction of sp³-hybridized carbons (Fsp3) is 0.125. The van der Waals surface area contributed by atoms with Crippen LogP contribution < -0.4 is 10.1 Å². The van der Waals surface area contributed by atoms with Gasteiger partial charge in [0.25, 0.3) is 0 Å². The van der Waals surface area contributed by atoms with Crippen molar-refractivity contribution in [3.05, 3.63) is 63.0 Å². The summed E-state index contributed by atoms with van der Waals surface area (Å²) in [5.74, 6) is 0.646. The summed E-state index contributed by atoms with van der Waals surface area (Å²) in [5.41, 5.74) is 1.42. The number of allylic oxidation sites excluding steroid dienone is 1. The number of benzene rings is 1.